The molecule has 1 aliphatic heterocycles. The molecule has 1 aliphatic carbocycles. The first-order chi connectivity index (χ1) is 11.4. The number of hydrogen-bond acceptors (Lipinski definition) is 5. The molecule has 1 saturated heterocycles. The number of nitrogens with two attached hydrogens (primary N) is 1. The van der Waals surface area contributed by atoms with E-state index in [1.165, 1.54) is 11.3 Å². The van der Waals surface area contributed by atoms with Crippen molar-refractivity contribution < 1.29 is 8.42 Å². The number of rotatable bonds is 3. The molecule has 8 heteroatoms. The van der Waals surface area contributed by atoms with Crippen LogP contribution in [0.15, 0.2) is 34.5 Å². The van der Waals surface area contributed by atoms with Crippen molar-refractivity contribution in [3.05, 3.63) is 35.3 Å². The van der Waals surface area contributed by atoms with Crippen LogP contribution in [0, 0.1) is 18.8 Å². The normalized spacial score (nSPS) is 26.4. The third kappa shape index (κ3) is 3.36. The van der Waals surface area contributed by atoms with Crippen LogP contribution < -0.4 is 5.73 Å². The Bertz CT molecular complexity index is 868. The molecule has 5 nitrogen and oxygen atoms in total. The highest BCUT2D eigenvalue weighted by Crippen LogP contribution is 2.39. The molecule has 2 aliphatic rings. The van der Waals surface area contributed by atoms with Gasteiger partial charge in [0.1, 0.15) is 5.01 Å². The van der Waals surface area contributed by atoms with Crippen LogP contribution >= 0.6 is 23.7 Å². The molecular weight excluding hydrogens is 378 g/mol. The summed E-state index contributed by atoms with van der Waals surface area (Å²) in [6.45, 7) is 3.09. The molecule has 0 bridgehead atoms. The fourth-order valence-corrected chi connectivity index (χ4v) is 6.26. The van der Waals surface area contributed by atoms with Crippen LogP contribution in [0.1, 0.15) is 18.5 Å². The van der Waals surface area contributed by atoms with Crippen LogP contribution in [0.3, 0.4) is 0 Å². The second-order valence-corrected chi connectivity index (χ2v) is 9.61. The number of thiazole rings is 1. The Morgan fingerprint density at radius 1 is 1.28 bits per heavy atom. The second kappa shape index (κ2) is 6.96. The average Bonchev–Trinajstić information content (AvgIpc) is 3.26. The highest BCUT2D eigenvalue weighted by atomic mass is 35.5. The molecule has 2 heterocycles. The number of fused-ring (bicyclic) bond motifs is 1. The minimum atomic E-state index is -3.47. The van der Waals surface area contributed by atoms with Crippen LogP contribution in [0.2, 0.25) is 0 Å². The average molecular weight is 400 g/mol. The van der Waals surface area contributed by atoms with Gasteiger partial charge in [-0.05, 0) is 43.7 Å². The van der Waals surface area contributed by atoms with Gasteiger partial charge in [-0.3, -0.25) is 0 Å². The molecule has 25 heavy (non-hydrogen) atoms. The lowest BCUT2D eigenvalue weighted by atomic mass is 9.98. The number of benzene rings is 1. The van der Waals surface area contributed by atoms with E-state index in [0.717, 1.165) is 29.1 Å². The summed E-state index contributed by atoms with van der Waals surface area (Å²) in [6.07, 6.45) is 2.05. The van der Waals surface area contributed by atoms with E-state index in [2.05, 4.69) is 4.98 Å². The molecule has 2 N–H and O–H groups in total. The molecule has 3 atom stereocenters. The number of hydrogen-bond donors (Lipinski definition) is 1. The molecule has 1 saturated carbocycles. The van der Waals surface area contributed by atoms with Crippen molar-refractivity contribution in [3.63, 3.8) is 0 Å². The highest BCUT2D eigenvalue weighted by Gasteiger charge is 2.45. The quantitative estimate of drug-likeness (QED) is 0.860. The van der Waals surface area contributed by atoms with Crippen LogP contribution in [0.4, 0.5) is 0 Å². The van der Waals surface area contributed by atoms with Gasteiger partial charge in [0.15, 0.2) is 0 Å². The number of aryl methyl sites for hydroxylation is 1. The van der Waals surface area contributed by atoms with Gasteiger partial charge < -0.3 is 5.73 Å². The fourth-order valence-electron chi connectivity index (χ4n) is 3.89. The van der Waals surface area contributed by atoms with Crippen molar-refractivity contribution in [1.29, 1.82) is 0 Å². The summed E-state index contributed by atoms with van der Waals surface area (Å²) in [5, 5.41) is 2.82. The first-order valence-corrected chi connectivity index (χ1v) is 10.6. The lowest BCUT2D eigenvalue weighted by Gasteiger charge is -2.19. The van der Waals surface area contributed by atoms with Gasteiger partial charge in [-0.25, -0.2) is 13.4 Å². The summed E-state index contributed by atoms with van der Waals surface area (Å²) in [6, 6.07) is 7.25. The van der Waals surface area contributed by atoms with Crippen LogP contribution in [0.25, 0.3) is 10.6 Å². The Labute approximate surface area is 158 Å². The van der Waals surface area contributed by atoms with E-state index in [-0.39, 0.29) is 18.4 Å². The number of sulfonamides is 1. The van der Waals surface area contributed by atoms with E-state index in [1.807, 2.05) is 18.4 Å². The summed E-state index contributed by atoms with van der Waals surface area (Å²) in [4.78, 5) is 4.80. The topological polar surface area (TPSA) is 76.3 Å². The summed E-state index contributed by atoms with van der Waals surface area (Å²) < 4.78 is 27.7. The molecule has 0 amide bonds. The standard InChI is InChI=1S/C17H21N3O2S2.ClH/c1-11-10-23-17(19-11)12-3-2-4-14(7-12)24(21,22)20-8-13-5-6-16(18)15(13)9-20;/h2-4,7,10,13,15-16H,5-6,8-9,18H2,1H3;1H. The maximum Gasteiger partial charge on any atom is 0.243 e. The molecule has 4 rings (SSSR count). The Morgan fingerprint density at radius 2 is 2.08 bits per heavy atom. The lowest BCUT2D eigenvalue weighted by molar-refractivity contribution is 0.427. The molecule has 1 aromatic heterocycles. The second-order valence-electron chi connectivity index (χ2n) is 6.81. The van der Waals surface area contributed by atoms with E-state index in [0.29, 0.717) is 29.8 Å². The zero-order valence-electron chi connectivity index (χ0n) is 14.0. The van der Waals surface area contributed by atoms with Gasteiger partial charge in [0, 0.05) is 35.8 Å². The zero-order valence-corrected chi connectivity index (χ0v) is 16.4. The van der Waals surface area contributed by atoms with Crippen molar-refractivity contribution in [3.8, 4) is 10.6 Å². The fraction of sp³-hybridized carbons (Fsp3) is 0.471. The molecule has 1 aromatic carbocycles. The third-order valence-electron chi connectivity index (χ3n) is 5.22. The van der Waals surface area contributed by atoms with E-state index in [4.69, 9.17) is 5.73 Å². The maximum atomic E-state index is 13.0. The van der Waals surface area contributed by atoms with Crippen molar-refractivity contribution >= 4 is 33.8 Å². The largest absolute Gasteiger partial charge is 0.327 e. The van der Waals surface area contributed by atoms with Gasteiger partial charge in [-0.1, -0.05) is 12.1 Å². The maximum absolute atomic E-state index is 13.0. The molecule has 2 fully saturated rings. The summed E-state index contributed by atoms with van der Waals surface area (Å²) in [7, 11) is -3.47. The first-order valence-electron chi connectivity index (χ1n) is 8.23. The van der Waals surface area contributed by atoms with Crippen LogP contribution in [-0.4, -0.2) is 36.8 Å². The monoisotopic (exact) mass is 399 g/mol. The third-order valence-corrected chi connectivity index (χ3v) is 8.05. The minimum Gasteiger partial charge on any atom is -0.327 e. The van der Waals surface area contributed by atoms with Gasteiger partial charge in [0.2, 0.25) is 10.0 Å². The predicted molar refractivity (Wildman–Crippen MR) is 102 cm³/mol. The van der Waals surface area contributed by atoms with Crippen LogP contribution in [-0.2, 0) is 10.0 Å². The van der Waals surface area contributed by atoms with E-state index in [9.17, 15) is 8.42 Å². The molecule has 2 aromatic rings. The van der Waals surface area contributed by atoms with Crippen LogP contribution in [0.5, 0.6) is 0 Å². The highest BCUT2D eigenvalue weighted by molar-refractivity contribution is 7.89. The van der Waals surface area contributed by atoms with E-state index >= 15 is 0 Å². The molecule has 0 radical (unpaired) electrons. The summed E-state index contributed by atoms with van der Waals surface area (Å²) >= 11 is 1.53. The zero-order chi connectivity index (χ0) is 16.9. The first kappa shape index (κ1) is 18.8. The Hall–Kier alpha value is -0.990. The van der Waals surface area contributed by atoms with Crippen molar-refractivity contribution in [1.82, 2.24) is 9.29 Å². The van der Waals surface area contributed by atoms with E-state index in [1.54, 1.807) is 22.5 Å². The van der Waals surface area contributed by atoms with Gasteiger partial charge in [-0.2, -0.15) is 4.31 Å². The van der Waals surface area contributed by atoms with Crippen molar-refractivity contribution in [2.45, 2.75) is 30.7 Å². The predicted octanol–water partition coefficient (Wildman–Crippen LogP) is 2.90. The molecule has 0 spiro atoms. The lowest BCUT2D eigenvalue weighted by Crippen LogP contribution is -2.33. The molecule has 3 unspecified atom stereocenters. The Balaban J connectivity index is 0.00000182. The van der Waals surface area contributed by atoms with Gasteiger partial charge in [0.05, 0.1) is 4.90 Å². The summed E-state index contributed by atoms with van der Waals surface area (Å²) in [5.74, 6) is 0.726. The Kier molecular flexibility index (Phi) is 5.23. The number of nitrogens with zero attached hydrogens (tertiary/aromatic N) is 2. The molecule has 136 valence electrons. The van der Waals surface area contributed by atoms with Crippen molar-refractivity contribution in [2.24, 2.45) is 17.6 Å². The molecular formula is C17H22ClN3O2S2. The van der Waals surface area contributed by atoms with Crippen molar-refractivity contribution in [2.75, 3.05) is 13.1 Å². The van der Waals surface area contributed by atoms with Gasteiger partial charge in [-0.15, -0.1) is 23.7 Å². The van der Waals surface area contributed by atoms with E-state index < -0.39 is 10.0 Å². The smallest absolute Gasteiger partial charge is 0.243 e. The van der Waals surface area contributed by atoms with Gasteiger partial charge in [0.25, 0.3) is 0 Å². The summed E-state index contributed by atoms with van der Waals surface area (Å²) in [5.41, 5.74) is 7.94. The minimum absolute atomic E-state index is 0. The Morgan fingerprint density at radius 3 is 2.76 bits per heavy atom. The number of aromatic nitrogens is 1. The van der Waals surface area contributed by atoms with Gasteiger partial charge >= 0.3 is 0 Å². The SMILES string of the molecule is Cc1csc(-c2cccc(S(=O)(=O)N3CC4CCC(N)C4C3)c2)n1.Cl. The number of halogens is 1.